The van der Waals surface area contributed by atoms with Crippen molar-refractivity contribution < 1.29 is 23.4 Å². The summed E-state index contributed by atoms with van der Waals surface area (Å²) in [5, 5.41) is 4.20. The van der Waals surface area contributed by atoms with Crippen molar-refractivity contribution in [2.24, 2.45) is 4.99 Å². The van der Waals surface area contributed by atoms with Gasteiger partial charge < -0.3 is 29.7 Å². The molecule has 4 heterocycles. The number of fused-ring (bicyclic) bond motifs is 3. The van der Waals surface area contributed by atoms with Crippen LogP contribution in [0.15, 0.2) is 27.7 Å². The Bertz CT molecular complexity index is 1260. The molecule has 0 aliphatic carbocycles. The second kappa shape index (κ2) is 9.69. The fourth-order valence-corrected chi connectivity index (χ4v) is 4.17. The van der Waals surface area contributed by atoms with Crippen molar-refractivity contribution in [3.05, 3.63) is 29.7 Å². The summed E-state index contributed by atoms with van der Waals surface area (Å²) < 4.78 is 24.1. The number of amides is 1. The zero-order valence-electron chi connectivity index (χ0n) is 19.0. The summed E-state index contributed by atoms with van der Waals surface area (Å²) in [5.41, 5.74) is 6.26. The fourth-order valence-electron chi connectivity index (χ4n) is 4.17. The van der Waals surface area contributed by atoms with Gasteiger partial charge in [-0.25, -0.2) is 9.97 Å². The maximum atomic E-state index is 12.6. The monoisotopic (exact) mass is 469 g/mol. The predicted octanol–water partition coefficient (Wildman–Crippen LogP) is 0.883. The van der Waals surface area contributed by atoms with Crippen molar-refractivity contribution in [1.29, 1.82) is 0 Å². The number of nitrogens with zero attached hydrogens (tertiary/aromatic N) is 5. The number of morpholine rings is 1. The summed E-state index contributed by atoms with van der Waals surface area (Å²) in [7, 11) is 1.57. The third-order valence-electron chi connectivity index (χ3n) is 5.82. The van der Waals surface area contributed by atoms with Crippen LogP contribution >= 0.6 is 0 Å². The molecular weight excluding hydrogens is 442 g/mol. The van der Waals surface area contributed by atoms with E-state index in [4.69, 9.17) is 24.4 Å². The van der Waals surface area contributed by atoms with Crippen LogP contribution in [0.3, 0.4) is 0 Å². The predicted molar refractivity (Wildman–Crippen MR) is 123 cm³/mol. The minimum absolute atomic E-state index is 0.0518. The number of hydrogen-bond donors (Lipinski definition) is 2. The molecule has 2 aliphatic heterocycles. The smallest absolute Gasteiger partial charge is 0.317 e. The third kappa shape index (κ3) is 4.41. The highest BCUT2D eigenvalue weighted by Crippen LogP contribution is 2.37. The van der Waals surface area contributed by atoms with Gasteiger partial charge in [0.2, 0.25) is 11.4 Å². The number of carbonyl (C=O) groups excluding carboxylic acids is 1. The number of carbonyl (C=O) groups is 1. The highest BCUT2D eigenvalue weighted by atomic mass is 16.5. The van der Waals surface area contributed by atoms with Crippen LogP contribution in [0.4, 0.5) is 11.8 Å². The molecule has 12 heteroatoms. The maximum Gasteiger partial charge on any atom is 0.317 e. The number of methoxy groups -OCH3 is 1. The lowest BCUT2D eigenvalue weighted by Crippen LogP contribution is -2.37. The Balaban J connectivity index is 1.44. The number of nitrogen functional groups attached to an aromatic ring is 1. The van der Waals surface area contributed by atoms with Gasteiger partial charge in [-0.05, 0) is 18.6 Å². The molecule has 0 bridgehead atoms. The van der Waals surface area contributed by atoms with E-state index < -0.39 is 5.91 Å². The zero-order chi connectivity index (χ0) is 23.5. The van der Waals surface area contributed by atoms with E-state index >= 15 is 0 Å². The van der Waals surface area contributed by atoms with Gasteiger partial charge in [0.05, 0.1) is 33.1 Å². The zero-order valence-corrected chi connectivity index (χ0v) is 19.0. The van der Waals surface area contributed by atoms with Gasteiger partial charge >= 0.3 is 5.91 Å². The summed E-state index contributed by atoms with van der Waals surface area (Å²) in [4.78, 5) is 27.5. The Morgan fingerprint density at radius 2 is 2.15 bits per heavy atom. The van der Waals surface area contributed by atoms with Crippen molar-refractivity contribution in [2.75, 3.05) is 64.2 Å². The van der Waals surface area contributed by atoms with Crippen LogP contribution in [0.25, 0.3) is 10.9 Å². The van der Waals surface area contributed by atoms with Crippen LogP contribution in [0.2, 0.25) is 0 Å². The summed E-state index contributed by atoms with van der Waals surface area (Å²) in [6, 6.07) is 3.73. The number of oxazole rings is 1. The van der Waals surface area contributed by atoms with Gasteiger partial charge in [0, 0.05) is 38.1 Å². The van der Waals surface area contributed by atoms with Crippen LogP contribution < -0.4 is 26.1 Å². The SMILES string of the molecule is COc1c(OCCCN2CCOCC2)ccc2c3n(c(=NC(=O)c4cnc(N)o4)nc12)CCN3. The van der Waals surface area contributed by atoms with Gasteiger partial charge in [0.15, 0.2) is 11.5 Å². The van der Waals surface area contributed by atoms with E-state index in [2.05, 4.69) is 25.2 Å². The van der Waals surface area contributed by atoms with Crippen molar-refractivity contribution in [1.82, 2.24) is 19.4 Å². The first kappa shape index (κ1) is 22.2. The molecule has 0 radical (unpaired) electrons. The molecule has 3 aromatic rings. The van der Waals surface area contributed by atoms with Crippen molar-refractivity contribution in [2.45, 2.75) is 13.0 Å². The van der Waals surface area contributed by atoms with Gasteiger partial charge in [-0.1, -0.05) is 0 Å². The first-order valence-electron chi connectivity index (χ1n) is 11.2. The number of aromatic nitrogens is 3. The number of hydrogen-bond acceptors (Lipinski definition) is 10. The van der Waals surface area contributed by atoms with Crippen LogP contribution in [0, 0.1) is 0 Å². The lowest BCUT2D eigenvalue weighted by Gasteiger charge is -2.26. The van der Waals surface area contributed by atoms with Gasteiger partial charge in [0.1, 0.15) is 11.3 Å². The number of nitrogens with two attached hydrogens (primary N) is 1. The summed E-state index contributed by atoms with van der Waals surface area (Å²) >= 11 is 0. The van der Waals surface area contributed by atoms with Gasteiger partial charge in [-0.15, -0.1) is 0 Å². The Morgan fingerprint density at radius 3 is 2.91 bits per heavy atom. The number of ether oxygens (including phenoxy) is 3. The number of nitrogens with one attached hydrogen (secondary N) is 1. The van der Waals surface area contributed by atoms with Crippen molar-refractivity contribution in [3.63, 3.8) is 0 Å². The lowest BCUT2D eigenvalue weighted by atomic mass is 10.2. The van der Waals surface area contributed by atoms with E-state index in [1.807, 2.05) is 16.7 Å². The second-order valence-corrected chi connectivity index (χ2v) is 7.97. The van der Waals surface area contributed by atoms with Crippen LogP contribution in [-0.4, -0.2) is 78.5 Å². The summed E-state index contributed by atoms with van der Waals surface area (Å²) in [5.74, 6) is 1.23. The number of rotatable bonds is 7. The van der Waals surface area contributed by atoms with Gasteiger partial charge in [-0.2, -0.15) is 4.99 Å². The molecule has 180 valence electrons. The molecule has 1 aromatic carbocycles. The van der Waals surface area contributed by atoms with E-state index in [0.717, 1.165) is 50.5 Å². The average Bonchev–Trinajstić information content (AvgIpc) is 3.52. The molecule has 2 aromatic heterocycles. The Morgan fingerprint density at radius 1 is 1.29 bits per heavy atom. The van der Waals surface area contributed by atoms with Gasteiger partial charge in [0.25, 0.3) is 6.01 Å². The fraction of sp³-hybridized carbons (Fsp3) is 0.455. The van der Waals surface area contributed by atoms with E-state index in [1.54, 1.807) is 7.11 Å². The molecule has 0 unspecified atom stereocenters. The van der Waals surface area contributed by atoms with E-state index in [1.165, 1.54) is 6.20 Å². The molecule has 1 amide bonds. The molecule has 34 heavy (non-hydrogen) atoms. The molecule has 2 aliphatic rings. The highest BCUT2D eigenvalue weighted by molar-refractivity contribution is 5.96. The van der Waals surface area contributed by atoms with E-state index in [0.29, 0.717) is 36.7 Å². The van der Waals surface area contributed by atoms with E-state index in [9.17, 15) is 4.79 Å². The Labute approximate surface area is 195 Å². The van der Waals surface area contributed by atoms with Crippen molar-refractivity contribution in [3.8, 4) is 11.5 Å². The molecule has 12 nitrogen and oxygen atoms in total. The third-order valence-corrected chi connectivity index (χ3v) is 5.82. The first-order chi connectivity index (χ1) is 16.6. The molecule has 5 rings (SSSR count). The number of benzene rings is 1. The topological polar surface area (TPSA) is 142 Å². The van der Waals surface area contributed by atoms with Gasteiger partial charge in [-0.3, -0.25) is 14.3 Å². The molecular formula is C22H27N7O5. The van der Waals surface area contributed by atoms with Crippen LogP contribution in [-0.2, 0) is 11.3 Å². The highest BCUT2D eigenvalue weighted by Gasteiger charge is 2.21. The van der Waals surface area contributed by atoms with E-state index in [-0.39, 0.29) is 17.4 Å². The molecule has 0 atom stereocenters. The second-order valence-electron chi connectivity index (χ2n) is 7.97. The molecule has 0 saturated carbocycles. The first-order valence-corrected chi connectivity index (χ1v) is 11.2. The molecule has 3 N–H and O–H groups in total. The lowest BCUT2D eigenvalue weighted by molar-refractivity contribution is 0.0357. The molecule has 0 spiro atoms. The number of anilines is 2. The van der Waals surface area contributed by atoms with Crippen molar-refractivity contribution >= 4 is 28.6 Å². The minimum Gasteiger partial charge on any atom is -0.491 e. The molecule has 1 fully saturated rings. The standard InChI is InChI=1S/C22H27N7O5/c1-31-18-15(33-10-2-6-28-8-11-32-12-9-28)4-3-14-17(18)26-22(29-7-5-24-19(14)29)27-20(30)16-13-25-21(23)34-16/h3-4,13,24H,2,5-12H2,1H3,(H2,23,25). The van der Waals surface area contributed by atoms with Crippen LogP contribution in [0.5, 0.6) is 11.5 Å². The summed E-state index contributed by atoms with van der Waals surface area (Å²) in [6.45, 7) is 6.25. The quantitative estimate of drug-likeness (QED) is 0.479. The Kier molecular flexibility index (Phi) is 6.32. The normalized spacial score (nSPS) is 16.4. The molecule has 1 saturated heterocycles. The average molecular weight is 470 g/mol. The largest absolute Gasteiger partial charge is 0.491 e. The minimum atomic E-state index is -0.618. The maximum absolute atomic E-state index is 12.6. The van der Waals surface area contributed by atoms with Crippen LogP contribution in [0.1, 0.15) is 17.0 Å². The Hall–Kier alpha value is -3.64. The summed E-state index contributed by atoms with van der Waals surface area (Å²) in [6.07, 6.45) is 2.13.